The quantitative estimate of drug-likeness (QED) is 0.150. The fourth-order valence-corrected chi connectivity index (χ4v) is 4.60. The first-order chi connectivity index (χ1) is 18.1. The lowest BCUT2D eigenvalue weighted by Crippen LogP contribution is -2.08. The average molecular weight is 493 g/mol. The zero-order valence-electron chi connectivity index (χ0n) is 21.6. The molecule has 4 aromatic rings. The van der Waals surface area contributed by atoms with Crippen molar-refractivity contribution in [3.05, 3.63) is 103 Å². The number of nitrogens with zero attached hydrogens (tertiary/aromatic N) is 2. The third kappa shape index (κ3) is 7.07. The molecule has 0 aliphatic rings. The summed E-state index contributed by atoms with van der Waals surface area (Å²) in [5.41, 5.74) is 6.84. The lowest BCUT2D eigenvalue weighted by Gasteiger charge is -2.11. The molecule has 0 bridgehead atoms. The molecular weight excluding hydrogens is 456 g/mol. The molecule has 0 saturated carbocycles. The highest BCUT2D eigenvalue weighted by Gasteiger charge is 2.21. The Kier molecular flexibility index (Phi) is 9.47. The summed E-state index contributed by atoms with van der Waals surface area (Å²) >= 11 is 0. The summed E-state index contributed by atoms with van der Waals surface area (Å²) in [5, 5.41) is 14.2. The zero-order valence-corrected chi connectivity index (χ0v) is 21.6. The Balaban J connectivity index is 1.51. The number of unbranched alkanes of at least 4 members (excludes halogenated alkanes) is 3. The number of hydrogen-bond donors (Lipinski definition) is 1. The number of benzene rings is 3. The van der Waals surface area contributed by atoms with E-state index in [1.165, 1.54) is 16.7 Å². The van der Waals surface area contributed by atoms with E-state index in [1.807, 2.05) is 6.07 Å². The summed E-state index contributed by atoms with van der Waals surface area (Å²) in [6, 6.07) is 31.6. The summed E-state index contributed by atoms with van der Waals surface area (Å²) in [6.45, 7) is 2.62. The molecule has 0 spiro atoms. The molecule has 37 heavy (non-hydrogen) atoms. The van der Waals surface area contributed by atoms with Gasteiger partial charge in [-0.15, -0.1) is 0 Å². The monoisotopic (exact) mass is 492 g/mol. The highest BCUT2D eigenvalue weighted by molar-refractivity contribution is 5.91. The molecule has 4 nitrogen and oxygen atoms in total. The van der Waals surface area contributed by atoms with Gasteiger partial charge < -0.3 is 5.11 Å². The number of allylic oxidation sites excluding steroid dienone is 2. The van der Waals surface area contributed by atoms with Crippen LogP contribution in [0.5, 0.6) is 0 Å². The van der Waals surface area contributed by atoms with Gasteiger partial charge in [0.05, 0.1) is 11.6 Å². The molecular formula is C33H36N2O2. The SMILES string of the molecule is CC(CCC=CCCCCCn1nc(-c2ccccc2)c(-c2ccccc2)c1-c1ccccc1)C(=O)O. The highest BCUT2D eigenvalue weighted by Crippen LogP contribution is 2.40. The molecule has 0 fully saturated rings. The molecule has 4 rings (SSSR count). The van der Waals surface area contributed by atoms with Crippen LogP contribution in [0.15, 0.2) is 103 Å². The maximum absolute atomic E-state index is 10.9. The van der Waals surface area contributed by atoms with Crippen molar-refractivity contribution in [3.8, 4) is 33.6 Å². The Morgan fingerprint density at radius 3 is 1.97 bits per heavy atom. The lowest BCUT2D eigenvalue weighted by atomic mass is 9.96. The number of carboxylic acids is 1. The zero-order chi connectivity index (χ0) is 25.9. The van der Waals surface area contributed by atoms with Gasteiger partial charge in [-0.3, -0.25) is 9.48 Å². The van der Waals surface area contributed by atoms with Crippen molar-refractivity contribution in [2.75, 3.05) is 0 Å². The van der Waals surface area contributed by atoms with E-state index < -0.39 is 5.97 Å². The minimum atomic E-state index is -0.715. The van der Waals surface area contributed by atoms with E-state index in [0.717, 1.165) is 55.6 Å². The number of hydrogen-bond acceptors (Lipinski definition) is 2. The van der Waals surface area contributed by atoms with Gasteiger partial charge in [0.1, 0.15) is 5.69 Å². The predicted octanol–water partition coefficient (Wildman–Crippen LogP) is 8.50. The minimum absolute atomic E-state index is 0.279. The van der Waals surface area contributed by atoms with E-state index in [0.29, 0.717) is 6.42 Å². The molecule has 1 unspecified atom stereocenters. The average Bonchev–Trinajstić information content (AvgIpc) is 3.32. The number of aryl methyl sites for hydroxylation is 1. The second-order valence-electron chi connectivity index (χ2n) is 9.53. The van der Waals surface area contributed by atoms with Crippen molar-refractivity contribution in [3.63, 3.8) is 0 Å². The number of rotatable bonds is 13. The molecule has 1 N–H and O–H groups in total. The molecule has 1 aromatic heterocycles. The van der Waals surface area contributed by atoms with Crippen LogP contribution in [0.1, 0.15) is 45.4 Å². The van der Waals surface area contributed by atoms with Crippen molar-refractivity contribution in [1.29, 1.82) is 0 Å². The number of aromatic nitrogens is 2. The Morgan fingerprint density at radius 1 is 0.784 bits per heavy atom. The number of aliphatic carboxylic acids is 1. The molecule has 0 aliphatic heterocycles. The molecule has 1 atom stereocenters. The standard InChI is InChI=1S/C33H36N2O2/c1-26(33(36)37)18-10-5-3-2-4-6-17-25-35-32(29-23-15-9-16-24-29)30(27-19-11-7-12-20-27)31(34-35)28-21-13-8-14-22-28/h3,5,7-9,11-16,19-24,26H,2,4,6,10,17-18,25H2,1H3,(H,36,37). The van der Waals surface area contributed by atoms with Crippen molar-refractivity contribution in [2.24, 2.45) is 5.92 Å². The van der Waals surface area contributed by atoms with Crippen molar-refractivity contribution in [2.45, 2.75) is 52.0 Å². The maximum atomic E-state index is 10.9. The fourth-order valence-electron chi connectivity index (χ4n) is 4.60. The van der Waals surface area contributed by atoms with Crippen LogP contribution in [0, 0.1) is 5.92 Å². The van der Waals surface area contributed by atoms with E-state index >= 15 is 0 Å². The van der Waals surface area contributed by atoms with E-state index in [4.69, 9.17) is 10.2 Å². The van der Waals surface area contributed by atoms with Gasteiger partial charge in [-0.1, -0.05) is 116 Å². The van der Waals surface area contributed by atoms with Gasteiger partial charge in [-0.05, 0) is 37.7 Å². The topological polar surface area (TPSA) is 55.1 Å². The second-order valence-corrected chi connectivity index (χ2v) is 9.53. The molecule has 0 saturated heterocycles. The molecule has 4 heteroatoms. The highest BCUT2D eigenvalue weighted by atomic mass is 16.4. The fraction of sp³-hybridized carbons (Fsp3) is 0.273. The van der Waals surface area contributed by atoms with Gasteiger partial charge in [0.15, 0.2) is 0 Å². The summed E-state index contributed by atoms with van der Waals surface area (Å²) in [7, 11) is 0. The first-order valence-corrected chi connectivity index (χ1v) is 13.3. The third-order valence-corrected chi connectivity index (χ3v) is 6.70. The lowest BCUT2D eigenvalue weighted by molar-refractivity contribution is -0.141. The third-order valence-electron chi connectivity index (χ3n) is 6.70. The second kappa shape index (κ2) is 13.4. The van der Waals surface area contributed by atoms with E-state index in [2.05, 4.69) is 102 Å². The Morgan fingerprint density at radius 2 is 1.35 bits per heavy atom. The van der Waals surface area contributed by atoms with Gasteiger partial charge >= 0.3 is 5.97 Å². The summed E-state index contributed by atoms with van der Waals surface area (Å²) in [5.74, 6) is -0.994. The van der Waals surface area contributed by atoms with Crippen LogP contribution in [0.2, 0.25) is 0 Å². The Bertz CT molecular complexity index is 1280. The van der Waals surface area contributed by atoms with Crippen LogP contribution >= 0.6 is 0 Å². The first kappa shape index (κ1) is 26.2. The number of carboxylic acid groups (broad SMARTS) is 1. The molecule has 1 heterocycles. The smallest absolute Gasteiger partial charge is 0.306 e. The van der Waals surface area contributed by atoms with Gasteiger partial charge in [0.2, 0.25) is 0 Å². The van der Waals surface area contributed by atoms with Crippen LogP contribution in [0.3, 0.4) is 0 Å². The van der Waals surface area contributed by atoms with Crippen LogP contribution in [0.4, 0.5) is 0 Å². The van der Waals surface area contributed by atoms with Gasteiger partial charge in [0.25, 0.3) is 0 Å². The minimum Gasteiger partial charge on any atom is -0.481 e. The van der Waals surface area contributed by atoms with Gasteiger partial charge in [0, 0.05) is 23.2 Å². The van der Waals surface area contributed by atoms with Crippen molar-refractivity contribution >= 4 is 5.97 Å². The number of carbonyl (C=O) groups is 1. The maximum Gasteiger partial charge on any atom is 0.306 e. The Labute approximate surface area is 220 Å². The Hall–Kier alpha value is -3.92. The molecule has 0 radical (unpaired) electrons. The van der Waals surface area contributed by atoms with E-state index in [1.54, 1.807) is 6.92 Å². The molecule has 3 aromatic carbocycles. The van der Waals surface area contributed by atoms with Crippen LogP contribution in [0.25, 0.3) is 33.6 Å². The predicted molar refractivity (Wildman–Crippen MR) is 152 cm³/mol. The van der Waals surface area contributed by atoms with Gasteiger partial charge in [-0.2, -0.15) is 5.10 Å². The molecule has 190 valence electrons. The molecule has 0 aliphatic carbocycles. The largest absolute Gasteiger partial charge is 0.481 e. The van der Waals surface area contributed by atoms with Crippen LogP contribution in [-0.2, 0) is 11.3 Å². The summed E-state index contributed by atoms with van der Waals surface area (Å²) in [4.78, 5) is 10.9. The first-order valence-electron chi connectivity index (χ1n) is 13.3. The van der Waals surface area contributed by atoms with E-state index in [9.17, 15) is 4.79 Å². The van der Waals surface area contributed by atoms with Crippen LogP contribution in [-0.4, -0.2) is 20.9 Å². The normalized spacial score (nSPS) is 12.1. The van der Waals surface area contributed by atoms with Gasteiger partial charge in [-0.25, -0.2) is 0 Å². The summed E-state index contributed by atoms with van der Waals surface area (Å²) < 4.78 is 2.20. The van der Waals surface area contributed by atoms with E-state index in [-0.39, 0.29) is 5.92 Å². The van der Waals surface area contributed by atoms with Crippen LogP contribution < -0.4 is 0 Å². The van der Waals surface area contributed by atoms with Crippen molar-refractivity contribution < 1.29 is 9.90 Å². The molecule has 0 amide bonds. The summed E-state index contributed by atoms with van der Waals surface area (Å²) in [6.07, 6.45) is 10.1. The van der Waals surface area contributed by atoms with Crippen molar-refractivity contribution in [1.82, 2.24) is 9.78 Å².